The maximum absolute atomic E-state index is 13.1. The van der Waals surface area contributed by atoms with Gasteiger partial charge in [0.1, 0.15) is 23.0 Å². The van der Waals surface area contributed by atoms with Crippen molar-refractivity contribution < 1.29 is 34.0 Å². The highest BCUT2D eigenvalue weighted by molar-refractivity contribution is 6.30. The number of aromatic hydroxyl groups is 1. The zero-order valence-corrected chi connectivity index (χ0v) is 14.7. The van der Waals surface area contributed by atoms with Crippen LogP contribution in [0, 0.1) is 0 Å². The summed E-state index contributed by atoms with van der Waals surface area (Å²) in [5.41, 5.74) is 0.0234. The minimum absolute atomic E-state index is 0.00319. The Morgan fingerprint density at radius 3 is 2.00 bits per heavy atom. The number of rotatable bonds is 4. The molecular formula is C19H18O7. The average molecular weight is 358 g/mol. The van der Waals surface area contributed by atoms with Gasteiger partial charge in [-0.15, -0.1) is 0 Å². The Bertz CT molecular complexity index is 928. The molecule has 0 heterocycles. The number of methoxy groups -OCH3 is 3. The van der Waals surface area contributed by atoms with E-state index in [4.69, 9.17) is 14.2 Å². The SMILES string of the molecule is COc1cc(OC)c2c(c1)C(=O)c1cc(OC)c(C(C)O)c(O)c1C2=O. The van der Waals surface area contributed by atoms with Crippen LogP contribution in [0.2, 0.25) is 0 Å². The third-order valence-corrected chi connectivity index (χ3v) is 4.41. The lowest BCUT2D eigenvalue weighted by Gasteiger charge is -2.24. The molecule has 0 bridgehead atoms. The maximum atomic E-state index is 13.1. The summed E-state index contributed by atoms with van der Waals surface area (Å²) in [6.07, 6.45) is -1.10. The number of carbonyl (C=O) groups is 2. The second-order valence-corrected chi connectivity index (χ2v) is 5.85. The van der Waals surface area contributed by atoms with E-state index in [2.05, 4.69) is 0 Å². The van der Waals surface area contributed by atoms with Gasteiger partial charge in [-0.25, -0.2) is 0 Å². The molecular weight excluding hydrogens is 340 g/mol. The van der Waals surface area contributed by atoms with Crippen molar-refractivity contribution in [1.82, 2.24) is 0 Å². The average Bonchev–Trinajstić information content (AvgIpc) is 2.63. The van der Waals surface area contributed by atoms with Crippen LogP contribution in [0.5, 0.6) is 23.0 Å². The highest BCUT2D eigenvalue weighted by Gasteiger charge is 2.37. The van der Waals surface area contributed by atoms with Crippen molar-refractivity contribution in [1.29, 1.82) is 0 Å². The predicted octanol–water partition coefficient (Wildman–Crippen LogP) is 2.25. The fourth-order valence-electron chi connectivity index (χ4n) is 3.19. The van der Waals surface area contributed by atoms with E-state index in [0.29, 0.717) is 5.75 Å². The van der Waals surface area contributed by atoms with E-state index in [1.54, 1.807) is 0 Å². The highest BCUT2D eigenvalue weighted by Crippen LogP contribution is 2.44. The number of aliphatic hydroxyl groups is 1. The number of hydrogen-bond acceptors (Lipinski definition) is 7. The summed E-state index contributed by atoms with van der Waals surface area (Å²) < 4.78 is 15.6. The molecule has 0 saturated carbocycles. The molecule has 1 aliphatic carbocycles. The van der Waals surface area contributed by atoms with E-state index in [1.165, 1.54) is 46.5 Å². The molecule has 2 aromatic carbocycles. The minimum Gasteiger partial charge on any atom is -0.507 e. The molecule has 2 N–H and O–H groups in total. The highest BCUT2D eigenvalue weighted by atomic mass is 16.5. The number of hydrogen-bond donors (Lipinski definition) is 2. The predicted molar refractivity (Wildman–Crippen MR) is 91.7 cm³/mol. The normalized spacial score (nSPS) is 13.7. The van der Waals surface area contributed by atoms with E-state index >= 15 is 0 Å². The molecule has 0 fully saturated rings. The summed E-state index contributed by atoms with van der Waals surface area (Å²) in [7, 11) is 4.16. The number of carbonyl (C=O) groups excluding carboxylic acids is 2. The number of aliphatic hydroxyl groups excluding tert-OH is 1. The fourth-order valence-corrected chi connectivity index (χ4v) is 3.19. The summed E-state index contributed by atoms with van der Waals surface area (Å²) in [5, 5.41) is 20.6. The van der Waals surface area contributed by atoms with Crippen molar-refractivity contribution in [2.45, 2.75) is 13.0 Å². The molecule has 3 rings (SSSR count). The third kappa shape index (κ3) is 2.40. The molecule has 2 aromatic rings. The zero-order valence-electron chi connectivity index (χ0n) is 14.7. The van der Waals surface area contributed by atoms with Gasteiger partial charge in [0.2, 0.25) is 5.78 Å². The smallest absolute Gasteiger partial charge is 0.201 e. The van der Waals surface area contributed by atoms with E-state index in [-0.39, 0.29) is 39.3 Å². The van der Waals surface area contributed by atoms with Crippen LogP contribution in [0.3, 0.4) is 0 Å². The van der Waals surface area contributed by atoms with Crippen molar-refractivity contribution in [2.24, 2.45) is 0 Å². The Morgan fingerprint density at radius 1 is 0.846 bits per heavy atom. The van der Waals surface area contributed by atoms with Crippen LogP contribution in [-0.4, -0.2) is 43.1 Å². The van der Waals surface area contributed by atoms with Crippen LogP contribution in [0.4, 0.5) is 0 Å². The van der Waals surface area contributed by atoms with Gasteiger partial charge in [0.25, 0.3) is 0 Å². The van der Waals surface area contributed by atoms with E-state index in [1.807, 2.05) is 0 Å². The standard InChI is InChI=1S/C19H18O7/c1-8(20)14-13(26-4)7-11-16(18(14)22)19(23)15-10(17(11)21)5-9(24-2)6-12(15)25-3/h5-8,20,22H,1-4H3. The monoisotopic (exact) mass is 358 g/mol. The second kappa shape index (κ2) is 6.34. The van der Waals surface area contributed by atoms with Crippen molar-refractivity contribution in [2.75, 3.05) is 21.3 Å². The quantitative estimate of drug-likeness (QED) is 0.737. The third-order valence-electron chi connectivity index (χ3n) is 4.41. The van der Waals surface area contributed by atoms with Gasteiger partial charge in [-0.3, -0.25) is 9.59 Å². The Labute approximate surface area is 149 Å². The molecule has 0 amide bonds. The summed E-state index contributed by atoms with van der Waals surface area (Å²) in [5.74, 6) is -0.875. The first kappa shape index (κ1) is 17.8. The summed E-state index contributed by atoms with van der Waals surface area (Å²) >= 11 is 0. The number of ether oxygens (including phenoxy) is 3. The molecule has 0 aromatic heterocycles. The molecule has 7 nitrogen and oxygen atoms in total. The first-order valence-electron chi connectivity index (χ1n) is 7.83. The lowest BCUT2D eigenvalue weighted by Crippen LogP contribution is -2.23. The molecule has 0 radical (unpaired) electrons. The van der Waals surface area contributed by atoms with E-state index in [9.17, 15) is 19.8 Å². The van der Waals surface area contributed by atoms with E-state index in [0.717, 1.165) is 0 Å². The maximum Gasteiger partial charge on any atom is 0.201 e. The van der Waals surface area contributed by atoms with Gasteiger partial charge < -0.3 is 24.4 Å². The van der Waals surface area contributed by atoms with Crippen LogP contribution < -0.4 is 14.2 Å². The van der Waals surface area contributed by atoms with Gasteiger partial charge >= 0.3 is 0 Å². The van der Waals surface area contributed by atoms with Gasteiger partial charge in [0.15, 0.2) is 5.78 Å². The van der Waals surface area contributed by atoms with Crippen LogP contribution in [0.1, 0.15) is 50.4 Å². The van der Waals surface area contributed by atoms with Crippen molar-refractivity contribution in [3.63, 3.8) is 0 Å². The Hall–Kier alpha value is -3.06. The van der Waals surface area contributed by atoms with Gasteiger partial charge in [-0.2, -0.15) is 0 Å². The molecule has 1 aliphatic rings. The molecule has 136 valence electrons. The van der Waals surface area contributed by atoms with Crippen LogP contribution >= 0.6 is 0 Å². The molecule has 0 spiro atoms. The van der Waals surface area contributed by atoms with Gasteiger partial charge in [0.05, 0.1) is 44.1 Å². The first-order chi connectivity index (χ1) is 12.3. The summed E-state index contributed by atoms with van der Waals surface area (Å²) in [6.45, 7) is 1.43. The van der Waals surface area contributed by atoms with Crippen molar-refractivity contribution in [3.05, 3.63) is 46.0 Å². The Balaban J connectivity index is 2.37. The van der Waals surface area contributed by atoms with Gasteiger partial charge in [-0.05, 0) is 19.1 Å². The van der Waals surface area contributed by atoms with E-state index < -0.39 is 23.4 Å². The van der Waals surface area contributed by atoms with Gasteiger partial charge in [0, 0.05) is 17.2 Å². The number of phenolic OH excluding ortho intramolecular Hbond substituents is 1. The number of ketones is 2. The van der Waals surface area contributed by atoms with Crippen molar-refractivity contribution in [3.8, 4) is 23.0 Å². The van der Waals surface area contributed by atoms with Crippen LogP contribution in [0.25, 0.3) is 0 Å². The van der Waals surface area contributed by atoms with Crippen LogP contribution in [-0.2, 0) is 0 Å². The summed E-state index contributed by atoms with van der Waals surface area (Å²) in [4.78, 5) is 26.1. The minimum atomic E-state index is -1.10. The Morgan fingerprint density at radius 2 is 1.46 bits per heavy atom. The second-order valence-electron chi connectivity index (χ2n) is 5.85. The van der Waals surface area contributed by atoms with Crippen LogP contribution in [0.15, 0.2) is 18.2 Å². The Kier molecular flexibility index (Phi) is 4.33. The molecule has 1 unspecified atom stereocenters. The summed E-state index contributed by atoms with van der Waals surface area (Å²) in [6, 6.07) is 4.30. The lowest BCUT2D eigenvalue weighted by molar-refractivity contribution is 0.0972. The number of benzene rings is 2. The molecule has 0 aliphatic heterocycles. The zero-order chi connectivity index (χ0) is 19.2. The molecule has 0 saturated heterocycles. The largest absolute Gasteiger partial charge is 0.507 e. The number of fused-ring (bicyclic) bond motifs is 2. The van der Waals surface area contributed by atoms with Crippen molar-refractivity contribution >= 4 is 11.6 Å². The first-order valence-corrected chi connectivity index (χ1v) is 7.83. The molecule has 1 atom stereocenters. The lowest BCUT2D eigenvalue weighted by atomic mass is 9.81. The number of phenols is 1. The topological polar surface area (TPSA) is 102 Å². The fraction of sp³-hybridized carbons (Fsp3) is 0.263. The molecule has 26 heavy (non-hydrogen) atoms. The molecule has 7 heteroatoms. The van der Waals surface area contributed by atoms with Gasteiger partial charge in [-0.1, -0.05) is 0 Å².